The molecular weight excluding hydrogens is 152 g/mol. The minimum atomic E-state index is -0.276. The molecule has 0 saturated heterocycles. The molecule has 66 valence electrons. The van der Waals surface area contributed by atoms with Crippen LogP contribution < -0.4 is 5.06 Å². The topological polar surface area (TPSA) is 36.4 Å². The highest BCUT2D eigenvalue weighted by Gasteiger charge is 2.19. The third kappa shape index (κ3) is 1.95. The van der Waals surface area contributed by atoms with Gasteiger partial charge in [-0.15, -0.1) is 0 Å². The maximum Gasteiger partial charge on any atom is 0.0671 e. The van der Waals surface area contributed by atoms with Crippen molar-refractivity contribution in [1.29, 1.82) is 0 Å². The number of anilines is 1. The van der Waals surface area contributed by atoms with Crippen molar-refractivity contribution in [2.24, 2.45) is 0 Å². The summed E-state index contributed by atoms with van der Waals surface area (Å²) in [6, 6.07) is 3.54. The van der Waals surface area contributed by atoms with Crippen LogP contribution in [0.4, 0.5) is 5.69 Å². The molecule has 0 aliphatic carbocycles. The lowest BCUT2D eigenvalue weighted by Gasteiger charge is -2.31. The molecule has 1 heterocycles. The molecule has 0 unspecified atom stereocenters. The summed E-state index contributed by atoms with van der Waals surface area (Å²) in [7, 11) is 0. The number of nitrogens with zero attached hydrogens (tertiary/aromatic N) is 2. The van der Waals surface area contributed by atoms with Gasteiger partial charge in [0, 0.05) is 12.4 Å². The van der Waals surface area contributed by atoms with Crippen molar-refractivity contribution in [3.05, 3.63) is 24.5 Å². The fraction of sp³-hybridized carbons (Fsp3) is 0.444. The zero-order valence-corrected chi connectivity index (χ0v) is 7.65. The van der Waals surface area contributed by atoms with Crippen LogP contribution in [0.3, 0.4) is 0 Å². The monoisotopic (exact) mass is 166 g/mol. The van der Waals surface area contributed by atoms with Gasteiger partial charge in [0.05, 0.1) is 11.2 Å². The number of pyridine rings is 1. The average Bonchev–Trinajstić information content (AvgIpc) is 2.03. The summed E-state index contributed by atoms with van der Waals surface area (Å²) in [5.74, 6) is 0. The second kappa shape index (κ2) is 3.11. The van der Waals surface area contributed by atoms with Gasteiger partial charge in [0.15, 0.2) is 0 Å². The quantitative estimate of drug-likeness (QED) is 0.649. The molecule has 0 saturated carbocycles. The van der Waals surface area contributed by atoms with E-state index in [9.17, 15) is 5.21 Å². The van der Waals surface area contributed by atoms with E-state index < -0.39 is 0 Å². The van der Waals surface area contributed by atoms with E-state index in [-0.39, 0.29) is 5.54 Å². The SMILES string of the molecule is CC(C)(C)N(O)c1ccncc1. The first kappa shape index (κ1) is 9.00. The molecular formula is C9H14N2O. The molecule has 0 atom stereocenters. The van der Waals surface area contributed by atoms with E-state index in [4.69, 9.17) is 0 Å². The van der Waals surface area contributed by atoms with E-state index in [2.05, 4.69) is 4.98 Å². The zero-order chi connectivity index (χ0) is 9.19. The van der Waals surface area contributed by atoms with Crippen molar-refractivity contribution < 1.29 is 5.21 Å². The molecule has 0 aliphatic heterocycles. The highest BCUT2D eigenvalue weighted by atomic mass is 16.5. The fourth-order valence-corrected chi connectivity index (χ4v) is 0.873. The van der Waals surface area contributed by atoms with E-state index in [1.807, 2.05) is 20.8 Å². The van der Waals surface area contributed by atoms with Gasteiger partial charge in [0.2, 0.25) is 0 Å². The van der Waals surface area contributed by atoms with Crippen molar-refractivity contribution in [1.82, 2.24) is 4.98 Å². The van der Waals surface area contributed by atoms with Crippen LogP contribution in [0.15, 0.2) is 24.5 Å². The Morgan fingerprint density at radius 1 is 1.25 bits per heavy atom. The second-order valence-electron chi connectivity index (χ2n) is 3.69. The first-order valence-electron chi connectivity index (χ1n) is 3.91. The van der Waals surface area contributed by atoms with Crippen LogP contribution >= 0.6 is 0 Å². The third-order valence-electron chi connectivity index (χ3n) is 1.54. The Morgan fingerprint density at radius 2 is 1.75 bits per heavy atom. The highest BCUT2D eigenvalue weighted by Crippen LogP contribution is 2.19. The Bertz CT molecular complexity index is 240. The van der Waals surface area contributed by atoms with Crippen LogP contribution in [-0.4, -0.2) is 15.7 Å². The number of hydrogen-bond donors (Lipinski definition) is 1. The van der Waals surface area contributed by atoms with Gasteiger partial charge in [0.1, 0.15) is 0 Å². The second-order valence-corrected chi connectivity index (χ2v) is 3.69. The van der Waals surface area contributed by atoms with E-state index in [1.165, 1.54) is 5.06 Å². The number of hydrogen-bond acceptors (Lipinski definition) is 3. The van der Waals surface area contributed by atoms with Crippen molar-refractivity contribution in [2.75, 3.05) is 5.06 Å². The molecule has 0 fully saturated rings. The average molecular weight is 166 g/mol. The van der Waals surface area contributed by atoms with Gasteiger partial charge in [-0.1, -0.05) is 0 Å². The van der Waals surface area contributed by atoms with E-state index >= 15 is 0 Å². The van der Waals surface area contributed by atoms with Gasteiger partial charge in [-0.3, -0.25) is 15.3 Å². The molecule has 1 N–H and O–H groups in total. The minimum absolute atomic E-state index is 0.276. The zero-order valence-electron chi connectivity index (χ0n) is 7.65. The van der Waals surface area contributed by atoms with E-state index in [1.54, 1.807) is 24.5 Å². The molecule has 3 heteroatoms. The van der Waals surface area contributed by atoms with Crippen molar-refractivity contribution in [2.45, 2.75) is 26.3 Å². The fourth-order valence-electron chi connectivity index (χ4n) is 0.873. The molecule has 0 aromatic carbocycles. The number of hydroxylamine groups is 1. The van der Waals surface area contributed by atoms with Gasteiger partial charge in [-0.25, -0.2) is 0 Å². The molecule has 0 bridgehead atoms. The molecule has 1 rings (SSSR count). The Kier molecular flexibility index (Phi) is 2.33. The molecule has 0 amide bonds. The van der Waals surface area contributed by atoms with Gasteiger partial charge < -0.3 is 0 Å². The van der Waals surface area contributed by atoms with Crippen LogP contribution in [0.2, 0.25) is 0 Å². The summed E-state index contributed by atoms with van der Waals surface area (Å²) >= 11 is 0. The lowest BCUT2D eigenvalue weighted by Crippen LogP contribution is -2.38. The van der Waals surface area contributed by atoms with Gasteiger partial charge in [-0.2, -0.15) is 0 Å². The largest absolute Gasteiger partial charge is 0.288 e. The van der Waals surface area contributed by atoms with Crippen molar-refractivity contribution >= 4 is 5.69 Å². The first-order valence-corrected chi connectivity index (χ1v) is 3.91. The van der Waals surface area contributed by atoms with Crippen LogP contribution in [-0.2, 0) is 0 Å². The molecule has 1 aromatic rings. The summed E-state index contributed by atoms with van der Waals surface area (Å²) in [5, 5.41) is 10.9. The molecule has 12 heavy (non-hydrogen) atoms. The summed E-state index contributed by atoms with van der Waals surface area (Å²) < 4.78 is 0. The van der Waals surface area contributed by atoms with Crippen LogP contribution in [0.1, 0.15) is 20.8 Å². The summed E-state index contributed by atoms with van der Waals surface area (Å²) in [4.78, 5) is 3.87. The highest BCUT2D eigenvalue weighted by molar-refractivity contribution is 5.43. The maximum absolute atomic E-state index is 9.66. The molecule has 3 nitrogen and oxygen atoms in total. The summed E-state index contributed by atoms with van der Waals surface area (Å²) in [6.07, 6.45) is 3.31. The van der Waals surface area contributed by atoms with Crippen molar-refractivity contribution in [3.8, 4) is 0 Å². The van der Waals surface area contributed by atoms with Gasteiger partial charge in [0.25, 0.3) is 0 Å². The molecule has 0 aliphatic rings. The normalized spacial score (nSPS) is 11.3. The predicted molar refractivity (Wildman–Crippen MR) is 48.3 cm³/mol. The summed E-state index contributed by atoms with van der Waals surface area (Å²) in [6.45, 7) is 5.81. The van der Waals surface area contributed by atoms with Gasteiger partial charge >= 0.3 is 0 Å². The smallest absolute Gasteiger partial charge is 0.0671 e. The molecule has 0 radical (unpaired) electrons. The van der Waals surface area contributed by atoms with Crippen molar-refractivity contribution in [3.63, 3.8) is 0 Å². The first-order chi connectivity index (χ1) is 5.52. The van der Waals surface area contributed by atoms with E-state index in [0.29, 0.717) is 0 Å². The lowest BCUT2D eigenvalue weighted by atomic mass is 10.1. The maximum atomic E-state index is 9.66. The molecule has 1 aromatic heterocycles. The predicted octanol–water partition coefficient (Wildman–Crippen LogP) is 2.08. The van der Waals surface area contributed by atoms with Crippen LogP contribution in [0, 0.1) is 0 Å². The number of rotatable bonds is 1. The van der Waals surface area contributed by atoms with Gasteiger partial charge in [-0.05, 0) is 32.9 Å². The number of aromatic nitrogens is 1. The third-order valence-corrected chi connectivity index (χ3v) is 1.54. The Hall–Kier alpha value is -1.09. The minimum Gasteiger partial charge on any atom is -0.288 e. The summed E-state index contributed by atoms with van der Waals surface area (Å²) in [5.41, 5.74) is 0.485. The lowest BCUT2D eigenvalue weighted by molar-refractivity contribution is 0.181. The van der Waals surface area contributed by atoms with Crippen LogP contribution in [0.25, 0.3) is 0 Å². The standard InChI is InChI=1S/C9H14N2O/c1-9(2,3)11(12)8-4-6-10-7-5-8/h4-7,12H,1-3H3. The Labute approximate surface area is 72.6 Å². The van der Waals surface area contributed by atoms with Crippen LogP contribution in [0.5, 0.6) is 0 Å². The molecule has 0 spiro atoms. The Morgan fingerprint density at radius 3 is 2.17 bits per heavy atom. The van der Waals surface area contributed by atoms with E-state index in [0.717, 1.165) is 5.69 Å². The Balaban J connectivity index is 2.86.